The topological polar surface area (TPSA) is 52.2 Å². The lowest BCUT2D eigenvalue weighted by atomic mass is 9.86. The molecular weight excluding hydrogens is 369 g/mol. The van der Waals surface area contributed by atoms with E-state index >= 15 is 0 Å². The lowest BCUT2D eigenvalue weighted by Gasteiger charge is -2.33. The first-order valence-electron chi connectivity index (χ1n) is 9.54. The van der Waals surface area contributed by atoms with Gasteiger partial charge in [0, 0.05) is 43.9 Å². The second-order valence-electron chi connectivity index (χ2n) is 7.67. The average molecular weight is 392 g/mol. The van der Waals surface area contributed by atoms with E-state index in [1.165, 1.54) is 6.07 Å². The van der Waals surface area contributed by atoms with E-state index in [0.717, 1.165) is 30.3 Å². The minimum atomic E-state index is -4.36. The molecule has 5 nitrogen and oxygen atoms in total. The Morgan fingerprint density at radius 3 is 2.61 bits per heavy atom. The van der Waals surface area contributed by atoms with E-state index in [1.54, 1.807) is 17.0 Å². The number of carbonyl (C=O) groups is 1. The van der Waals surface area contributed by atoms with Crippen LogP contribution in [-0.4, -0.2) is 52.6 Å². The van der Waals surface area contributed by atoms with Gasteiger partial charge < -0.3 is 9.80 Å². The number of hydrogen-bond acceptors (Lipinski definition) is 3. The number of amides is 1. The fourth-order valence-corrected chi connectivity index (χ4v) is 4.26. The molecule has 2 aliphatic rings. The zero-order valence-corrected chi connectivity index (χ0v) is 15.7. The number of nitrogens with one attached hydrogen (secondary N) is 1. The van der Waals surface area contributed by atoms with E-state index in [1.807, 2.05) is 7.05 Å². The number of likely N-dealkylation sites (N-methyl/N-ethyl adjacent to an activating group) is 1. The van der Waals surface area contributed by atoms with Gasteiger partial charge in [-0.2, -0.15) is 18.3 Å². The molecule has 0 aliphatic carbocycles. The van der Waals surface area contributed by atoms with Crippen molar-refractivity contribution in [1.29, 1.82) is 0 Å². The van der Waals surface area contributed by atoms with Gasteiger partial charge in [0.25, 0.3) is 5.91 Å². The number of aromatic amines is 1. The predicted molar refractivity (Wildman–Crippen MR) is 97.9 cm³/mol. The molecule has 0 atom stereocenters. The number of nitrogens with zero attached hydrogens (tertiary/aromatic N) is 3. The van der Waals surface area contributed by atoms with Crippen LogP contribution in [0.4, 0.5) is 13.2 Å². The Labute approximate surface area is 161 Å². The third-order valence-corrected chi connectivity index (χ3v) is 5.82. The highest BCUT2D eigenvalue weighted by molar-refractivity contribution is 5.94. The molecule has 0 unspecified atom stereocenters. The summed E-state index contributed by atoms with van der Waals surface area (Å²) in [6.45, 7) is 2.48. The van der Waals surface area contributed by atoms with Crippen LogP contribution in [0.3, 0.4) is 0 Å². The van der Waals surface area contributed by atoms with E-state index < -0.39 is 11.7 Å². The summed E-state index contributed by atoms with van der Waals surface area (Å²) in [5.74, 6) is -0.323. The number of fused-ring (bicyclic) bond motifs is 1. The first-order chi connectivity index (χ1) is 13.3. The number of carbonyl (C=O) groups excluding carboxylic acids is 1. The van der Waals surface area contributed by atoms with Crippen LogP contribution in [-0.2, 0) is 19.1 Å². The summed E-state index contributed by atoms with van der Waals surface area (Å²) in [6.07, 6.45) is -2.48. The summed E-state index contributed by atoms with van der Waals surface area (Å²) >= 11 is 0. The molecule has 2 aromatic rings. The highest BCUT2D eigenvalue weighted by Crippen LogP contribution is 2.38. The van der Waals surface area contributed by atoms with E-state index in [2.05, 4.69) is 15.1 Å². The quantitative estimate of drug-likeness (QED) is 0.852. The SMILES string of the molecule is CN1CCc2[nH]nc(C(=O)N3CCC(c4ccccc4C(F)(F)F)CC3)c2C1. The lowest BCUT2D eigenvalue weighted by molar-refractivity contribution is -0.138. The van der Waals surface area contributed by atoms with Gasteiger partial charge >= 0.3 is 6.18 Å². The normalized spacial score (nSPS) is 18.9. The fraction of sp³-hybridized carbons (Fsp3) is 0.500. The van der Waals surface area contributed by atoms with Crippen molar-refractivity contribution >= 4 is 5.91 Å². The Kier molecular flexibility index (Phi) is 4.91. The zero-order chi connectivity index (χ0) is 19.9. The van der Waals surface area contributed by atoms with Crippen molar-refractivity contribution in [2.75, 3.05) is 26.7 Å². The molecule has 0 radical (unpaired) electrons. The molecule has 8 heteroatoms. The number of halogens is 3. The van der Waals surface area contributed by atoms with Crippen molar-refractivity contribution in [2.24, 2.45) is 0 Å². The molecule has 0 bridgehead atoms. The van der Waals surface area contributed by atoms with Gasteiger partial charge in [-0.15, -0.1) is 0 Å². The van der Waals surface area contributed by atoms with Crippen LogP contribution >= 0.6 is 0 Å². The maximum absolute atomic E-state index is 13.3. The van der Waals surface area contributed by atoms with Crippen molar-refractivity contribution in [1.82, 2.24) is 20.0 Å². The molecule has 0 spiro atoms. The Hall–Kier alpha value is -2.35. The van der Waals surface area contributed by atoms with Crippen molar-refractivity contribution < 1.29 is 18.0 Å². The summed E-state index contributed by atoms with van der Waals surface area (Å²) in [7, 11) is 2.01. The molecule has 150 valence electrons. The zero-order valence-electron chi connectivity index (χ0n) is 15.7. The molecule has 1 N–H and O–H groups in total. The number of piperidine rings is 1. The number of rotatable bonds is 2. The van der Waals surface area contributed by atoms with Crippen LogP contribution in [0, 0.1) is 0 Å². The van der Waals surface area contributed by atoms with Gasteiger partial charge in [0.2, 0.25) is 0 Å². The third-order valence-electron chi connectivity index (χ3n) is 5.82. The molecule has 1 saturated heterocycles. The van der Waals surface area contributed by atoms with Crippen LogP contribution < -0.4 is 0 Å². The number of benzene rings is 1. The predicted octanol–water partition coefficient (Wildman–Crippen LogP) is 3.44. The Bertz CT molecular complexity index is 869. The molecule has 1 aromatic heterocycles. The van der Waals surface area contributed by atoms with E-state index in [-0.39, 0.29) is 11.8 Å². The first-order valence-corrected chi connectivity index (χ1v) is 9.54. The van der Waals surface area contributed by atoms with Crippen LogP contribution in [0.15, 0.2) is 24.3 Å². The Balaban J connectivity index is 1.47. The fourth-order valence-electron chi connectivity index (χ4n) is 4.26. The molecule has 28 heavy (non-hydrogen) atoms. The second kappa shape index (κ2) is 7.24. The van der Waals surface area contributed by atoms with Gasteiger partial charge in [0.15, 0.2) is 5.69 Å². The summed E-state index contributed by atoms with van der Waals surface area (Å²) in [6, 6.07) is 5.77. The monoisotopic (exact) mass is 392 g/mol. The summed E-state index contributed by atoms with van der Waals surface area (Å²) in [5.41, 5.74) is 2.18. The summed E-state index contributed by atoms with van der Waals surface area (Å²) in [5, 5.41) is 7.22. The van der Waals surface area contributed by atoms with Crippen molar-refractivity contribution in [3.8, 4) is 0 Å². The van der Waals surface area contributed by atoms with Gasteiger partial charge in [-0.05, 0) is 37.4 Å². The standard InChI is InChI=1S/C20H23F3N4O/c1-26-9-8-17-15(12-26)18(25-24-17)19(28)27-10-6-13(7-11-27)14-4-2-3-5-16(14)20(21,22)23/h2-5,13H,6-12H2,1H3,(H,24,25). The van der Waals surface area contributed by atoms with Crippen molar-refractivity contribution in [3.05, 3.63) is 52.3 Å². The molecule has 1 fully saturated rings. The molecule has 2 aliphatic heterocycles. The van der Waals surface area contributed by atoms with Crippen LogP contribution in [0.2, 0.25) is 0 Å². The van der Waals surface area contributed by atoms with Crippen LogP contribution in [0.25, 0.3) is 0 Å². The minimum Gasteiger partial charge on any atom is -0.337 e. The largest absolute Gasteiger partial charge is 0.416 e. The van der Waals surface area contributed by atoms with E-state index in [4.69, 9.17) is 0 Å². The smallest absolute Gasteiger partial charge is 0.337 e. The Morgan fingerprint density at radius 2 is 1.89 bits per heavy atom. The van der Waals surface area contributed by atoms with Gasteiger partial charge in [-0.25, -0.2) is 0 Å². The van der Waals surface area contributed by atoms with Crippen LogP contribution in [0.1, 0.15) is 51.6 Å². The number of alkyl halides is 3. The first kappa shape index (κ1) is 19.0. The minimum absolute atomic E-state index is 0.129. The van der Waals surface area contributed by atoms with Gasteiger partial charge in [0.1, 0.15) is 0 Å². The van der Waals surface area contributed by atoms with E-state index in [9.17, 15) is 18.0 Å². The van der Waals surface area contributed by atoms with Gasteiger partial charge in [0.05, 0.1) is 5.56 Å². The number of aromatic nitrogens is 2. The number of likely N-dealkylation sites (tertiary alicyclic amines) is 1. The summed E-state index contributed by atoms with van der Waals surface area (Å²) < 4.78 is 39.9. The number of hydrogen-bond donors (Lipinski definition) is 1. The maximum atomic E-state index is 13.3. The number of H-pyrrole nitrogens is 1. The molecule has 1 amide bonds. The Morgan fingerprint density at radius 1 is 1.18 bits per heavy atom. The highest BCUT2D eigenvalue weighted by atomic mass is 19.4. The van der Waals surface area contributed by atoms with Crippen molar-refractivity contribution in [2.45, 2.75) is 37.9 Å². The second-order valence-corrected chi connectivity index (χ2v) is 7.67. The van der Waals surface area contributed by atoms with Crippen molar-refractivity contribution in [3.63, 3.8) is 0 Å². The summed E-state index contributed by atoms with van der Waals surface area (Å²) in [4.78, 5) is 16.8. The highest BCUT2D eigenvalue weighted by Gasteiger charge is 2.36. The molecular formula is C20H23F3N4O. The van der Waals surface area contributed by atoms with E-state index in [0.29, 0.717) is 43.7 Å². The molecule has 0 saturated carbocycles. The van der Waals surface area contributed by atoms with Gasteiger partial charge in [-0.3, -0.25) is 9.89 Å². The van der Waals surface area contributed by atoms with Gasteiger partial charge in [-0.1, -0.05) is 18.2 Å². The average Bonchev–Trinajstić information content (AvgIpc) is 3.10. The lowest BCUT2D eigenvalue weighted by Crippen LogP contribution is -2.39. The maximum Gasteiger partial charge on any atom is 0.416 e. The molecule has 4 rings (SSSR count). The third kappa shape index (κ3) is 3.53. The van der Waals surface area contributed by atoms with Crippen LogP contribution in [0.5, 0.6) is 0 Å². The molecule has 3 heterocycles. The molecule has 1 aromatic carbocycles.